The number of carbonyl (C=O) groups excluding carboxylic acids is 1. The average Bonchev–Trinajstić information content (AvgIpc) is 2.73. The predicted molar refractivity (Wildman–Crippen MR) is 116 cm³/mol. The first-order chi connectivity index (χ1) is 14.5. The Hall–Kier alpha value is -4.00. The first-order valence-electron chi connectivity index (χ1n) is 9.58. The Labute approximate surface area is 171 Å². The summed E-state index contributed by atoms with van der Waals surface area (Å²) in [6, 6.07) is 19.8. The summed E-state index contributed by atoms with van der Waals surface area (Å²) in [5.74, 6) is -0.361. The number of pyridine rings is 1. The summed E-state index contributed by atoms with van der Waals surface area (Å²) in [7, 11) is 0. The van der Waals surface area contributed by atoms with Gasteiger partial charge in [0.25, 0.3) is 11.5 Å². The monoisotopic (exact) mass is 400 g/mol. The number of benzene rings is 2. The zero-order chi connectivity index (χ0) is 21.1. The number of fused-ring (bicyclic) bond motifs is 1. The highest BCUT2D eigenvalue weighted by atomic mass is 16.2. The van der Waals surface area contributed by atoms with Gasteiger partial charge in [0.05, 0.1) is 5.39 Å². The molecule has 2 aromatic carbocycles. The third-order valence-corrected chi connectivity index (χ3v) is 4.87. The molecule has 150 valence electrons. The van der Waals surface area contributed by atoms with E-state index in [2.05, 4.69) is 44.5 Å². The molecule has 0 bridgehead atoms. The molecule has 30 heavy (non-hydrogen) atoms. The summed E-state index contributed by atoms with van der Waals surface area (Å²) in [5.41, 5.74) is 3.01. The smallest absolute Gasteiger partial charge is 0.327 e. The number of hydrogen-bond acceptors (Lipinski definition) is 4. The van der Waals surface area contributed by atoms with Crippen molar-refractivity contribution in [2.45, 2.75) is 13.3 Å². The number of carbonyl (C=O) groups is 1. The Morgan fingerprint density at radius 2 is 1.73 bits per heavy atom. The van der Waals surface area contributed by atoms with Crippen molar-refractivity contribution in [1.82, 2.24) is 20.3 Å². The fourth-order valence-corrected chi connectivity index (χ4v) is 3.42. The van der Waals surface area contributed by atoms with Crippen molar-refractivity contribution in [1.29, 1.82) is 0 Å². The fourth-order valence-electron chi connectivity index (χ4n) is 3.42. The maximum atomic E-state index is 12.5. The number of aryl methyl sites for hydroxylation is 1. The first-order valence-corrected chi connectivity index (χ1v) is 9.58. The van der Waals surface area contributed by atoms with Gasteiger partial charge in [-0.1, -0.05) is 54.6 Å². The lowest BCUT2D eigenvalue weighted by atomic mass is 10.0. The van der Waals surface area contributed by atoms with Gasteiger partial charge in [-0.15, -0.1) is 0 Å². The van der Waals surface area contributed by atoms with E-state index in [9.17, 15) is 14.4 Å². The van der Waals surface area contributed by atoms with Crippen molar-refractivity contribution in [3.63, 3.8) is 0 Å². The van der Waals surface area contributed by atoms with Crippen LogP contribution in [0.3, 0.4) is 0 Å². The molecule has 0 aliphatic heterocycles. The van der Waals surface area contributed by atoms with E-state index >= 15 is 0 Å². The zero-order valence-electron chi connectivity index (χ0n) is 16.4. The molecule has 0 saturated heterocycles. The summed E-state index contributed by atoms with van der Waals surface area (Å²) in [6.45, 7) is 2.13. The van der Waals surface area contributed by atoms with Crippen LogP contribution in [0, 0.1) is 6.92 Å². The third-order valence-electron chi connectivity index (χ3n) is 4.87. The van der Waals surface area contributed by atoms with Crippen molar-refractivity contribution in [2.75, 3.05) is 6.54 Å². The van der Waals surface area contributed by atoms with E-state index in [1.807, 2.05) is 30.3 Å². The maximum absolute atomic E-state index is 12.5. The fraction of sp³-hybridized carbons (Fsp3) is 0.130. The average molecular weight is 400 g/mol. The zero-order valence-corrected chi connectivity index (χ0v) is 16.4. The van der Waals surface area contributed by atoms with E-state index in [0.717, 1.165) is 16.7 Å². The molecule has 0 atom stereocenters. The molecule has 0 unspecified atom stereocenters. The number of amides is 1. The van der Waals surface area contributed by atoms with Crippen LogP contribution >= 0.6 is 0 Å². The number of H-pyrrole nitrogens is 2. The minimum Gasteiger partial charge on any atom is -0.350 e. The summed E-state index contributed by atoms with van der Waals surface area (Å²) >= 11 is 0. The number of nitrogens with one attached hydrogen (secondary N) is 3. The molecule has 0 radical (unpaired) electrons. The van der Waals surface area contributed by atoms with E-state index in [4.69, 9.17) is 0 Å². The maximum Gasteiger partial charge on any atom is 0.327 e. The molecule has 4 rings (SSSR count). The van der Waals surface area contributed by atoms with Crippen LogP contribution in [0.5, 0.6) is 0 Å². The second-order valence-corrected chi connectivity index (χ2v) is 7.03. The van der Waals surface area contributed by atoms with E-state index in [-0.39, 0.29) is 22.6 Å². The molecule has 7 heteroatoms. The molecule has 0 aliphatic rings. The van der Waals surface area contributed by atoms with Crippen LogP contribution < -0.4 is 16.6 Å². The largest absolute Gasteiger partial charge is 0.350 e. The molecule has 0 saturated carbocycles. The standard InChI is InChI=1S/C23H20N4O3/c1-14-12-18(25-20-19(14)22(29)27-23(30)26-20)21(28)24-11-10-15-6-5-9-17(13-15)16-7-3-2-4-8-16/h2-9,12-13H,10-11H2,1H3,(H,24,28)(H2,25,26,27,29,30). The number of nitrogens with zero attached hydrogens (tertiary/aromatic N) is 1. The topological polar surface area (TPSA) is 108 Å². The van der Waals surface area contributed by atoms with Crippen LogP contribution in [0.15, 0.2) is 70.3 Å². The summed E-state index contributed by atoms with van der Waals surface area (Å²) < 4.78 is 0. The van der Waals surface area contributed by atoms with Gasteiger partial charge in [0.2, 0.25) is 0 Å². The van der Waals surface area contributed by atoms with Gasteiger partial charge in [0.1, 0.15) is 11.3 Å². The SMILES string of the molecule is Cc1cc(C(=O)NCCc2cccc(-c3ccccc3)c2)nc2[nH]c(=O)[nH]c(=O)c12. The van der Waals surface area contributed by atoms with E-state index in [1.54, 1.807) is 13.0 Å². The number of rotatable bonds is 5. The minimum absolute atomic E-state index is 0.101. The number of aromatic amines is 2. The van der Waals surface area contributed by atoms with Crippen molar-refractivity contribution < 1.29 is 4.79 Å². The highest BCUT2D eigenvalue weighted by molar-refractivity contribution is 5.95. The molecule has 4 aromatic rings. The summed E-state index contributed by atoms with van der Waals surface area (Å²) in [4.78, 5) is 44.8. The molecule has 0 spiro atoms. The quantitative estimate of drug-likeness (QED) is 0.478. The van der Waals surface area contributed by atoms with Crippen molar-refractivity contribution in [3.05, 3.63) is 98.3 Å². The molecule has 7 nitrogen and oxygen atoms in total. The highest BCUT2D eigenvalue weighted by Crippen LogP contribution is 2.20. The molecular weight excluding hydrogens is 380 g/mol. The van der Waals surface area contributed by atoms with E-state index in [0.29, 0.717) is 18.5 Å². The highest BCUT2D eigenvalue weighted by Gasteiger charge is 2.13. The van der Waals surface area contributed by atoms with E-state index < -0.39 is 11.2 Å². The predicted octanol–water partition coefficient (Wildman–Crippen LogP) is 2.56. The molecule has 3 N–H and O–H groups in total. The van der Waals surface area contributed by atoms with Gasteiger partial charge in [-0.05, 0) is 41.7 Å². The molecule has 2 heterocycles. The normalized spacial score (nSPS) is 10.8. The Kier molecular flexibility index (Phi) is 5.26. The van der Waals surface area contributed by atoms with Crippen molar-refractivity contribution in [2.24, 2.45) is 0 Å². The number of aromatic nitrogens is 3. The van der Waals surface area contributed by atoms with Gasteiger partial charge in [-0.25, -0.2) is 9.78 Å². The molecule has 0 fully saturated rings. The van der Waals surface area contributed by atoms with Crippen LogP contribution in [0.1, 0.15) is 21.6 Å². The van der Waals surface area contributed by atoms with Crippen molar-refractivity contribution >= 4 is 16.9 Å². The molecule has 1 amide bonds. The molecular formula is C23H20N4O3. The lowest BCUT2D eigenvalue weighted by molar-refractivity contribution is 0.0949. The summed E-state index contributed by atoms with van der Waals surface area (Å²) in [6.07, 6.45) is 0.662. The molecule has 2 aromatic heterocycles. The van der Waals surface area contributed by atoms with Gasteiger partial charge in [-0.2, -0.15) is 0 Å². The van der Waals surface area contributed by atoms with Crippen LogP contribution in [0.4, 0.5) is 0 Å². The van der Waals surface area contributed by atoms with Gasteiger partial charge in [-0.3, -0.25) is 19.6 Å². The van der Waals surface area contributed by atoms with Gasteiger partial charge in [0, 0.05) is 6.54 Å². The number of hydrogen-bond donors (Lipinski definition) is 3. The van der Waals surface area contributed by atoms with Gasteiger partial charge in [0.15, 0.2) is 0 Å². The van der Waals surface area contributed by atoms with Crippen LogP contribution in [-0.2, 0) is 6.42 Å². The van der Waals surface area contributed by atoms with Gasteiger partial charge < -0.3 is 5.32 Å². The lowest BCUT2D eigenvalue weighted by Gasteiger charge is -2.08. The van der Waals surface area contributed by atoms with E-state index in [1.165, 1.54) is 0 Å². The summed E-state index contributed by atoms with van der Waals surface area (Å²) in [5, 5.41) is 3.12. The van der Waals surface area contributed by atoms with Crippen molar-refractivity contribution in [3.8, 4) is 11.1 Å². The first kappa shape index (κ1) is 19.3. The second-order valence-electron chi connectivity index (χ2n) is 7.03. The molecule has 0 aliphatic carbocycles. The Balaban J connectivity index is 1.47. The third kappa shape index (κ3) is 4.05. The Bertz CT molecular complexity index is 1340. The Morgan fingerprint density at radius 3 is 2.53 bits per heavy atom. The van der Waals surface area contributed by atoms with Gasteiger partial charge >= 0.3 is 5.69 Å². The van der Waals surface area contributed by atoms with Crippen LogP contribution in [-0.4, -0.2) is 27.4 Å². The van der Waals surface area contributed by atoms with Crippen LogP contribution in [0.2, 0.25) is 0 Å². The van der Waals surface area contributed by atoms with Crippen LogP contribution in [0.25, 0.3) is 22.2 Å². The Morgan fingerprint density at radius 1 is 0.967 bits per heavy atom. The lowest BCUT2D eigenvalue weighted by Crippen LogP contribution is -2.28. The second kappa shape index (κ2) is 8.16. The minimum atomic E-state index is -0.657.